The van der Waals surface area contributed by atoms with Gasteiger partial charge in [-0.25, -0.2) is 0 Å². The van der Waals surface area contributed by atoms with Gasteiger partial charge in [0, 0.05) is 39.3 Å². The first-order valence-electron chi connectivity index (χ1n) is 11.3. The fraction of sp³-hybridized carbons (Fsp3) is 0.296. The maximum absolute atomic E-state index is 13.2. The zero-order valence-electron chi connectivity index (χ0n) is 18.5. The predicted molar refractivity (Wildman–Crippen MR) is 128 cm³/mol. The van der Waals surface area contributed by atoms with Crippen LogP contribution in [0.15, 0.2) is 89.6 Å². The minimum atomic E-state index is 0.141. The van der Waals surface area contributed by atoms with Crippen molar-refractivity contribution in [3.05, 3.63) is 102 Å². The Morgan fingerprint density at radius 3 is 2.22 bits per heavy atom. The second-order valence-corrected chi connectivity index (χ2v) is 8.20. The van der Waals surface area contributed by atoms with Gasteiger partial charge in [0.2, 0.25) is 5.91 Å². The molecule has 1 fully saturated rings. The lowest BCUT2D eigenvalue weighted by Gasteiger charge is -2.35. The Hall–Kier alpha value is -3.15. The van der Waals surface area contributed by atoms with Gasteiger partial charge in [-0.1, -0.05) is 72.8 Å². The highest BCUT2D eigenvalue weighted by Gasteiger charge is 2.22. The Bertz CT molecular complexity index is 963. The molecule has 0 unspecified atom stereocenters. The summed E-state index contributed by atoms with van der Waals surface area (Å²) in [6, 6.07) is 24.3. The molecule has 0 atom stereocenters. The molecule has 4 rings (SSSR count). The van der Waals surface area contributed by atoms with E-state index in [0.717, 1.165) is 44.0 Å². The molecule has 0 radical (unpaired) electrons. The van der Waals surface area contributed by atoms with E-state index in [1.807, 2.05) is 41.3 Å². The van der Waals surface area contributed by atoms with Crippen molar-refractivity contribution in [2.24, 2.45) is 0 Å². The fourth-order valence-corrected chi connectivity index (χ4v) is 3.95. The minimum Gasteiger partial charge on any atom is -0.467 e. The normalized spacial score (nSPS) is 15.2. The second kappa shape index (κ2) is 11.5. The molecule has 1 aromatic heterocycles. The second-order valence-electron chi connectivity index (χ2n) is 8.20. The number of carbonyl (C=O) groups is 1. The molecule has 32 heavy (non-hydrogen) atoms. The topological polar surface area (TPSA) is 39.9 Å². The molecule has 5 nitrogen and oxygen atoms in total. The van der Waals surface area contributed by atoms with E-state index in [2.05, 4.69) is 58.4 Å². The van der Waals surface area contributed by atoms with Gasteiger partial charge in [0.1, 0.15) is 5.76 Å². The van der Waals surface area contributed by atoms with Gasteiger partial charge < -0.3 is 9.32 Å². The number of hydrogen-bond acceptors (Lipinski definition) is 4. The van der Waals surface area contributed by atoms with Crippen molar-refractivity contribution < 1.29 is 9.21 Å². The Morgan fingerprint density at radius 2 is 1.53 bits per heavy atom. The van der Waals surface area contributed by atoms with Gasteiger partial charge in [-0.3, -0.25) is 14.6 Å². The minimum absolute atomic E-state index is 0.141. The number of nitrogens with zero attached hydrogens (tertiary/aromatic N) is 3. The van der Waals surface area contributed by atoms with E-state index in [1.165, 1.54) is 5.56 Å². The summed E-state index contributed by atoms with van der Waals surface area (Å²) < 4.78 is 5.50. The first-order valence-corrected chi connectivity index (χ1v) is 11.3. The molecule has 0 spiro atoms. The van der Waals surface area contributed by atoms with Gasteiger partial charge in [0.05, 0.1) is 19.4 Å². The van der Waals surface area contributed by atoms with E-state index >= 15 is 0 Å². The average Bonchev–Trinajstić information content (AvgIpc) is 3.34. The van der Waals surface area contributed by atoms with Crippen molar-refractivity contribution in [3.63, 3.8) is 0 Å². The van der Waals surface area contributed by atoms with Crippen molar-refractivity contribution >= 4 is 12.0 Å². The van der Waals surface area contributed by atoms with Gasteiger partial charge in [0.25, 0.3) is 0 Å². The first-order chi connectivity index (χ1) is 15.8. The van der Waals surface area contributed by atoms with Crippen molar-refractivity contribution in [2.45, 2.75) is 13.1 Å². The fourth-order valence-electron chi connectivity index (χ4n) is 3.95. The highest BCUT2D eigenvalue weighted by molar-refractivity contribution is 5.78. The van der Waals surface area contributed by atoms with Gasteiger partial charge in [-0.2, -0.15) is 0 Å². The van der Waals surface area contributed by atoms with Crippen LogP contribution in [0.3, 0.4) is 0 Å². The van der Waals surface area contributed by atoms with Crippen LogP contribution in [0.5, 0.6) is 0 Å². The lowest BCUT2D eigenvalue weighted by atomic mass is 10.2. The average molecular weight is 430 g/mol. The standard InChI is InChI=1S/C27H31N3O2/c31-27(30(22-26-14-8-20-32-26)21-25-11-5-2-6-12-25)23-29-18-16-28(17-19-29)15-7-13-24-9-3-1-4-10-24/h1-14,20H,15-19,21-23H2/b13-7+. The van der Waals surface area contributed by atoms with Gasteiger partial charge in [-0.05, 0) is 23.3 Å². The van der Waals surface area contributed by atoms with Crippen LogP contribution in [0.2, 0.25) is 0 Å². The molecule has 166 valence electrons. The summed E-state index contributed by atoms with van der Waals surface area (Å²) in [5.41, 5.74) is 2.36. The lowest BCUT2D eigenvalue weighted by molar-refractivity contribution is -0.134. The lowest BCUT2D eigenvalue weighted by Crippen LogP contribution is -2.49. The van der Waals surface area contributed by atoms with E-state index in [1.54, 1.807) is 6.26 Å². The molecule has 1 saturated heterocycles. The zero-order chi connectivity index (χ0) is 22.0. The molecule has 1 aliphatic rings. The summed E-state index contributed by atoms with van der Waals surface area (Å²) in [6.45, 7) is 6.23. The Morgan fingerprint density at radius 1 is 0.844 bits per heavy atom. The van der Waals surface area contributed by atoms with Gasteiger partial charge in [-0.15, -0.1) is 0 Å². The number of benzene rings is 2. The molecular formula is C27H31N3O2. The molecule has 1 amide bonds. The van der Waals surface area contributed by atoms with Crippen LogP contribution in [0.1, 0.15) is 16.9 Å². The van der Waals surface area contributed by atoms with Gasteiger partial charge >= 0.3 is 0 Å². The van der Waals surface area contributed by atoms with Crippen LogP contribution < -0.4 is 0 Å². The SMILES string of the molecule is O=C(CN1CCN(C/C=C/c2ccccc2)CC1)N(Cc1ccccc1)Cc1ccco1. The van der Waals surface area contributed by atoms with Crippen molar-refractivity contribution in [1.29, 1.82) is 0 Å². The molecule has 0 saturated carbocycles. The predicted octanol–water partition coefficient (Wildman–Crippen LogP) is 4.14. The molecule has 2 heterocycles. The van der Waals surface area contributed by atoms with Crippen LogP contribution in [0.25, 0.3) is 6.08 Å². The molecule has 3 aromatic rings. The highest BCUT2D eigenvalue weighted by Crippen LogP contribution is 2.12. The number of furan rings is 1. The van der Waals surface area contributed by atoms with Crippen molar-refractivity contribution in [1.82, 2.24) is 14.7 Å². The Kier molecular flexibility index (Phi) is 7.90. The molecule has 0 bridgehead atoms. The number of amides is 1. The summed E-state index contributed by atoms with van der Waals surface area (Å²) in [5, 5.41) is 0. The molecule has 1 aliphatic heterocycles. The van der Waals surface area contributed by atoms with Crippen LogP contribution in [0.4, 0.5) is 0 Å². The van der Waals surface area contributed by atoms with Crippen LogP contribution in [0, 0.1) is 0 Å². The number of piperazine rings is 1. The third kappa shape index (κ3) is 6.67. The number of hydrogen-bond donors (Lipinski definition) is 0. The van der Waals surface area contributed by atoms with Crippen LogP contribution >= 0.6 is 0 Å². The summed E-state index contributed by atoms with van der Waals surface area (Å²) in [4.78, 5) is 19.8. The molecule has 0 N–H and O–H groups in total. The van der Waals surface area contributed by atoms with Crippen LogP contribution in [-0.4, -0.2) is 59.9 Å². The van der Waals surface area contributed by atoms with E-state index in [4.69, 9.17) is 4.42 Å². The third-order valence-corrected chi connectivity index (χ3v) is 5.79. The van der Waals surface area contributed by atoms with Crippen molar-refractivity contribution in [2.75, 3.05) is 39.3 Å². The summed E-state index contributed by atoms with van der Waals surface area (Å²) in [6.07, 6.45) is 6.05. The number of rotatable bonds is 9. The molecular weight excluding hydrogens is 398 g/mol. The van der Waals surface area contributed by atoms with Gasteiger partial charge in [0.15, 0.2) is 0 Å². The third-order valence-electron chi connectivity index (χ3n) is 5.79. The van der Waals surface area contributed by atoms with E-state index in [9.17, 15) is 4.79 Å². The van der Waals surface area contributed by atoms with E-state index < -0.39 is 0 Å². The van der Waals surface area contributed by atoms with E-state index in [-0.39, 0.29) is 5.91 Å². The maximum Gasteiger partial charge on any atom is 0.237 e. The van der Waals surface area contributed by atoms with Crippen LogP contribution in [-0.2, 0) is 17.9 Å². The largest absolute Gasteiger partial charge is 0.467 e. The molecule has 5 heteroatoms. The Labute approximate surface area is 190 Å². The smallest absolute Gasteiger partial charge is 0.237 e. The first kappa shape index (κ1) is 22.1. The van der Waals surface area contributed by atoms with Crippen molar-refractivity contribution in [3.8, 4) is 0 Å². The zero-order valence-corrected chi connectivity index (χ0v) is 18.5. The quantitative estimate of drug-likeness (QED) is 0.513. The highest BCUT2D eigenvalue weighted by atomic mass is 16.3. The maximum atomic E-state index is 13.2. The Balaban J connectivity index is 1.27. The molecule has 0 aliphatic carbocycles. The summed E-state index contributed by atoms with van der Waals surface area (Å²) in [5.74, 6) is 0.951. The van der Waals surface area contributed by atoms with E-state index in [0.29, 0.717) is 19.6 Å². The summed E-state index contributed by atoms with van der Waals surface area (Å²) in [7, 11) is 0. The monoisotopic (exact) mass is 429 g/mol. The summed E-state index contributed by atoms with van der Waals surface area (Å²) >= 11 is 0. The number of carbonyl (C=O) groups excluding carboxylic acids is 1. The molecule has 2 aromatic carbocycles.